The predicted molar refractivity (Wildman–Crippen MR) is 121 cm³/mol. The summed E-state index contributed by atoms with van der Waals surface area (Å²) in [6, 6.07) is 31.9. The van der Waals surface area contributed by atoms with Gasteiger partial charge in [-0.25, -0.2) is 0 Å². The first-order chi connectivity index (χ1) is 14.8. The molecule has 0 aromatic heterocycles. The van der Waals surface area contributed by atoms with Crippen molar-refractivity contribution in [2.75, 3.05) is 19.7 Å². The van der Waals surface area contributed by atoms with Crippen molar-refractivity contribution in [1.29, 1.82) is 0 Å². The Morgan fingerprint density at radius 2 is 1.33 bits per heavy atom. The van der Waals surface area contributed by atoms with Gasteiger partial charge in [0.15, 0.2) is 0 Å². The molecule has 30 heavy (non-hydrogen) atoms. The lowest BCUT2D eigenvalue weighted by molar-refractivity contribution is -0.0109. The Labute approximate surface area is 180 Å². The van der Waals surface area contributed by atoms with Crippen LogP contribution in [-0.2, 0) is 22.7 Å². The molecule has 0 radical (unpaired) electrons. The van der Waals surface area contributed by atoms with Crippen molar-refractivity contribution >= 4 is 0 Å². The van der Waals surface area contributed by atoms with E-state index in [1.807, 2.05) is 12.1 Å². The molecule has 3 unspecified atom stereocenters. The molecule has 0 saturated carbocycles. The number of rotatable bonds is 9. The zero-order valence-electron chi connectivity index (χ0n) is 17.7. The van der Waals surface area contributed by atoms with Crippen LogP contribution in [0.4, 0.5) is 0 Å². The summed E-state index contributed by atoms with van der Waals surface area (Å²) in [5.74, 6) is 0.364. The van der Waals surface area contributed by atoms with Gasteiger partial charge in [-0.1, -0.05) is 91.0 Å². The Morgan fingerprint density at radius 1 is 0.767 bits per heavy atom. The number of nitrogens with zero attached hydrogens (tertiary/aromatic N) is 1. The fourth-order valence-electron chi connectivity index (χ4n) is 4.16. The Balaban J connectivity index is 1.38. The molecule has 0 bridgehead atoms. The van der Waals surface area contributed by atoms with Crippen LogP contribution in [-0.4, -0.2) is 30.7 Å². The highest BCUT2D eigenvalue weighted by Gasteiger charge is 2.36. The fourth-order valence-corrected chi connectivity index (χ4v) is 4.16. The molecule has 1 saturated heterocycles. The molecule has 1 heterocycles. The van der Waals surface area contributed by atoms with Crippen LogP contribution in [0.3, 0.4) is 0 Å². The van der Waals surface area contributed by atoms with E-state index in [1.165, 1.54) is 16.7 Å². The molecule has 1 aliphatic heterocycles. The first-order valence-corrected chi connectivity index (χ1v) is 10.9. The van der Waals surface area contributed by atoms with Crippen LogP contribution in [0.1, 0.15) is 29.7 Å². The smallest absolute Gasteiger partial charge is 0.0769 e. The van der Waals surface area contributed by atoms with E-state index in [4.69, 9.17) is 9.47 Å². The molecule has 0 aliphatic carbocycles. The molecule has 156 valence electrons. The minimum atomic E-state index is 0.173. The molecule has 1 fully saturated rings. The maximum absolute atomic E-state index is 6.40. The lowest BCUT2D eigenvalue weighted by Gasteiger charge is -2.24. The van der Waals surface area contributed by atoms with Crippen LogP contribution in [0.25, 0.3) is 0 Å². The molecule has 3 aromatic carbocycles. The highest BCUT2D eigenvalue weighted by molar-refractivity contribution is 5.19. The van der Waals surface area contributed by atoms with E-state index < -0.39 is 0 Å². The summed E-state index contributed by atoms with van der Waals surface area (Å²) >= 11 is 0. The summed E-state index contributed by atoms with van der Waals surface area (Å²) in [5, 5.41) is 0. The van der Waals surface area contributed by atoms with Crippen LogP contribution in [0.15, 0.2) is 91.0 Å². The number of hydrogen-bond donors (Lipinski definition) is 0. The summed E-state index contributed by atoms with van der Waals surface area (Å²) in [6.07, 6.45) is 0.173. The number of hydrogen-bond acceptors (Lipinski definition) is 3. The Bertz CT molecular complexity index is 869. The average Bonchev–Trinajstić information content (AvgIpc) is 3.22. The maximum Gasteiger partial charge on any atom is 0.0769 e. The lowest BCUT2D eigenvalue weighted by Crippen LogP contribution is -2.27. The van der Waals surface area contributed by atoms with Crippen LogP contribution < -0.4 is 0 Å². The van der Waals surface area contributed by atoms with Gasteiger partial charge in [-0.2, -0.15) is 0 Å². The quantitative estimate of drug-likeness (QED) is 0.474. The topological polar surface area (TPSA) is 21.7 Å². The van der Waals surface area contributed by atoms with Gasteiger partial charge in [0.25, 0.3) is 0 Å². The van der Waals surface area contributed by atoms with Crippen LogP contribution in [0, 0.1) is 5.92 Å². The van der Waals surface area contributed by atoms with E-state index in [0.29, 0.717) is 31.8 Å². The standard InChI is InChI=1S/C27H31NO2/c1-22(25-15-9-4-10-16-25)28-17-26(21-29-19-23-11-5-2-6-12-23)27(18-28)30-20-24-13-7-3-8-14-24/h2-16,22,26-27H,17-21H2,1H3. The second-order valence-electron chi connectivity index (χ2n) is 8.14. The van der Waals surface area contributed by atoms with Crippen molar-refractivity contribution in [3.05, 3.63) is 108 Å². The highest BCUT2D eigenvalue weighted by atomic mass is 16.5. The Kier molecular flexibility index (Phi) is 7.30. The summed E-state index contributed by atoms with van der Waals surface area (Å²) < 4.78 is 12.5. The second-order valence-corrected chi connectivity index (χ2v) is 8.14. The predicted octanol–water partition coefficient (Wildman–Crippen LogP) is 5.48. The Morgan fingerprint density at radius 3 is 1.97 bits per heavy atom. The SMILES string of the molecule is CC(c1ccccc1)N1CC(COCc2ccccc2)C(OCc2ccccc2)C1. The minimum absolute atomic E-state index is 0.173. The van der Waals surface area contributed by atoms with E-state index >= 15 is 0 Å². The molecular weight excluding hydrogens is 370 g/mol. The minimum Gasteiger partial charge on any atom is -0.376 e. The van der Waals surface area contributed by atoms with Gasteiger partial charge in [-0.05, 0) is 23.6 Å². The number of likely N-dealkylation sites (tertiary alicyclic amines) is 1. The number of ether oxygens (including phenoxy) is 2. The van der Waals surface area contributed by atoms with Crippen molar-refractivity contribution in [3.8, 4) is 0 Å². The monoisotopic (exact) mass is 401 g/mol. The van der Waals surface area contributed by atoms with Gasteiger partial charge in [0, 0.05) is 25.0 Å². The molecule has 3 nitrogen and oxygen atoms in total. The largest absolute Gasteiger partial charge is 0.376 e. The summed E-state index contributed by atoms with van der Waals surface area (Å²) in [5.41, 5.74) is 3.79. The Hall–Kier alpha value is -2.46. The molecule has 3 atom stereocenters. The summed E-state index contributed by atoms with van der Waals surface area (Å²) in [4.78, 5) is 2.53. The van der Waals surface area contributed by atoms with Gasteiger partial charge in [-0.3, -0.25) is 4.90 Å². The normalized spacial score (nSPS) is 20.3. The summed E-state index contributed by atoms with van der Waals surface area (Å²) in [6.45, 7) is 6.22. The van der Waals surface area contributed by atoms with Crippen molar-refractivity contribution in [2.24, 2.45) is 5.92 Å². The van der Waals surface area contributed by atoms with Crippen LogP contribution >= 0.6 is 0 Å². The summed E-state index contributed by atoms with van der Waals surface area (Å²) in [7, 11) is 0. The average molecular weight is 402 g/mol. The molecule has 0 spiro atoms. The van der Waals surface area contributed by atoms with Gasteiger partial charge < -0.3 is 9.47 Å². The molecule has 0 N–H and O–H groups in total. The fraction of sp³-hybridized carbons (Fsp3) is 0.333. The third kappa shape index (κ3) is 5.57. The molecular formula is C27H31NO2. The third-order valence-electron chi connectivity index (χ3n) is 5.99. The number of benzene rings is 3. The van der Waals surface area contributed by atoms with Gasteiger partial charge in [-0.15, -0.1) is 0 Å². The lowest BCUT2D eigenvalue weighted by atomic mass is 10.1. The first kappa shape index (κ1) is 20.8. The van der Waals surface area contributed by atoms with E-state index in [0.717, 1.165) is 13.1 Å². The molecule has 4 rings (SSSR count). The van der Waals surface area contributed by atoms with Gasteiger partial charge in [0.2, 0.25) is 0 Å². The van der Waals surface area contributed by atoms with Crippen LogP contribution in [0.2, 0.25) is 0 Å². The first-order valence-electron chi connectivity index (χ1n) is 10.9. The molecule has 0 amide bonds. The van der Waals surface area contributed by atoms with E-state index in [1.54, 1.807) is 0 Å². The van der Waals surface area contributed by atoms with E-state index in [9.17, 15) is 0 Å². The zero-order valence-corrected chi connectivity index (χ0v) is 17.7. The molecule has 3 heteroatoms. The van der Waals surface area contributed by atoms with Crippen LogP contribution in [0.5, 0.6) is 0 Å². The van der Waals surface area contributed by atoms with Gasteiger partial charge >= 0.3 is 0 Å². The van der Waals surface area contributed by atoms with E-state index in [2.05, 4.69) is 90.7 Å². The van der Waals surface area contributed by atoms with Crippen molar-refractivity contribution in [2.45, 2.75) is 32.3 Å². The van der Waals surface area contributed by atoms with Gasteiger partial charge in [0.05, 0.1) is 25.9 Å². The molecule has 3 aromatic rings. The second kappa shape index (κ2) is 10.5. The van der Waals surface area contributed by atoms with Crippen molar-refractivity contribution < 1.29 is 9.47 Å². The third-order valence-corrected chi connectivity index (χ3v) is 5.99. The zero-order chi connectivity index (χ0) is 20.6. The van der Waals surface area contributed by atoms with Gasteiger partial charge in [0.1, 0.15) is 0 Å². The van der Waals surface area contributed by atoms with E-state index in [-0.39, 0.29) is 6.10 Å². The van der Waals surface area contributed by atoms with Crippen molar-refractivity contribution in [1.82, 2.24) is 4.90 Å². The molecule has 1 aliphatic rings. The maximum atomic E-state index is 6.40. The highest BCUT2D eigenvalue weighted by Crippen LogP contribution is 2.30. The van der Waals surface area contributed by atoms with Crippen molar-refractivity contribution in [3.63, 3.8) is 0 Å².